The topological polar surface area (TPSA) is 51.5 Å². The molecule has 2 aromatic carbocycles. The van der Waals surface area contributed by atoms with Gasteiger partial charge < -0.3 is 14.4 Å². The van der Waals surface area contributed by atoms with Crippen molar-refractivity contribution in [2.45, 2.75) is 20.1 Å². The molecule has 0 atom stereocenters. The van der Waals surface area contributed by atoms with Crippen LogP contribution in [0.2, 0.25) is 0 Å². The largest absolute Gasteiger partial charge is 0.484 e. The molecule has 0 aliphatic rings. The van der Waals surface area contributed by atoms with Crippen LogP contribution >= 0.6 is 0 Å². The number of ether oxygens (including phenoxy) is 1. The molecule has 1 N–H and O–H groups in total. The minimum Gasteiger partial charge on any atom is -0.484 e. The number of carbonyl (C=O) groups is 1. The molecule has 0 saturated heterocycles. The summed E-state index contributed by atoms with van der Waals surface area (Å²) in [6.07, 6.45) is 0. The van der Waals surface area contributed by atoms with Gasteiger partial charge in [-0.2, -0.15) is 0 Å². The average Bonchev–Trinajstić information content (AvgIpc) is 2.91. The minimum atomic E-state index is -0.968. The van der Waals surface area contributed by atoms with E-state index in [2.05, 4.69) is 0 Å². The van der Waals surface area contributed by atoms with E-state index in [0.29, 0.717) is 12.1 Å². The Balaban J connectivity index is 2.00. The lowest BCUT2D eigenvalue weighted by atomic mass is 10.1. The maximum absolute atomic E-state index is 13.6. The average molecular weight is 313 g/mol. The minimum absolute atomic E-state index is 0.169. The fourth-order valence-electron chi connectivity index (χ4n) is 2.75. The maximum Gasteiger partial charge on any atom is 0.337 e. The molecular weight excluding hydrogens is 297 g/mol. The number of halogens is 1. The van der Waals surface area contributed by atoms with E-state index >= 15 is 0 Å². The number of hydrogen-bond donors (Lipinski definition) is 1. The number of aryl methyl sites for hydroxylation is 1. The third-order valence-corrected chi connectivity index (χ3v) is 3.76. The van der Waals surface area contributed by atoms with Crippen LogP contribution in [0.1, 0.15) is 23.0 Å². The van der Waals surface area contributed by atoms with E-state index in [1.54, 1.807) is 30.3 Å². The van der Waals surface area contributed by atoms with Crippen LogP contribution in [0.25, 0.3) is 10.9 Å². The molecule has 0 saturated carbocycles. The second-order valence-electron chi connectivity index (χ2n) is 5.15. The molecule has 1 heterocycles. The Kier molecular flexibility index (Phi) is 4.02. The normalized spacial score (nSPS) is 10.9. The van der Waals surface area contributed by atoms with E-state index in [1.807, 2.05) is 23.6 Å². The highest BCUT2D eigenvalue weighted by Crippen LogP contribution is 2.25. The molecule has 23 heavy (non-hydrogen) atoms. The van der Waals surface area contributed by atoms with Gasteiger partial charge in [0, 0.05) is 11.9 Å². The van der Waals surface area contributed by atoms with E-state index in [4.69, 9.17) is 4.74 Å². The summed E-state index contributed by atoms with van der Waals surface area (Å²) in [5.74, 6) is -1.21. The number of rotatable bonds is 5. The molecule has 0 fully saturated rings. The van der Waals surface area contributed by atoms with Crippen LogP contribution in [0.15, 0.2) is 48.5 Å². The Bertz CT molecular complexity index is 870. The Morgan fingerprint density at radius 2 is 2.00 bits per heavy atom. The predicted molar refractivity (Wildman–Crippen MR) is 85.3 cm³/mol. The Labute approximate surface area is 132 Å². The number of aromatic nitrogens is 1. The number of benzene rings is 2. The third kappa shape index (κ3) is 2.77. The monoisotopic (exact) mass is 313 g/mol. The SMILES string of the molecule is CCn1c(COc2ccccc2F)cc2cccc(C(=O)O)c21. The molecule has 3 rings (SSSR count). The number of para-hydroxylation sites is 2. The fraction of sp³-hybridized carbons (Fsp3) is 0.167. The molecule has 5 heteroatoms. The molecular formula is C18H16FNO3. The van der Waals surface area contributed by atoms with Crippen molar-refractivity contribution in [3.8, 4) is 5.75 Å². The number of carboxylic acid groups (broad SMARTS) is 1. The highest BCUT2D eigenvalue weighted by Gasteiger charge is 2.16. The van der Waals surface area contributed by atoms with Crippen LogP contribution in [0.5, 0.6) is 5.75 Å². The standard InChI is InChI=1S/C18H16FNO3/c1-2-20-13(11-23-16-9-4-3-8-15(16)19)10-12-6-5-7-14(17(12)20)18(21)22/h3-10H,2,11H2,1H3,(H,21,22). The lowest BCUT2D eigenvalue weighted by Gasteiger charge is -2.11. The van der Waals surface area contributed by atoms with E-state index in [0.717, 1.165) is 11.1 Å². The summed E-state index contributed by atoms with van der Waals surface area (Å²) < 4.78 is 21.1. The molecule has 0 unspecified atom stereocenters. The van der Waals surface area contributed by atoms with E-state index < -0.39 is 11.8 Å². The van der Waals surface area contributed by atoms with Crippen LogP contribution in [0, 0.1) is 5.82 Å². The van der Waals surface area contributed by atoms with Gasteiger partial charge in [-0.3, -0.25) is 0 Å². The van der Waals surface area contributed by atoms with E-state index in [-0.39, 0.29) is 17.9 Å². The number of aromatic carboxylic acids is 1. The maximum atomic E-state index is 13.6. The first-order valence-electron chi connectivity index (χ1n) is 7.33. The number of hydrogen-bond acceptors (Lipinski definition) is 2. The molecule has 0 amide bonds. The first-order valence-corrected chi connectivity index (χ1v) is 7.33. The molecule has 3 aromatic rings. The van der Waals surface area contributed by atoms with Crippen LogP contribution < -0.4 is 4.74 Å². The molecule has 0 aliphatic carbocycles. The quantitative estimate of drug-likeness (QED) is 0.772. The van der Waals surface area contributed by atoms with Crippen LogP contribution in [0.3, 0.4) is 0 Å². The summed E-state index contributed by atoms with van der Waals surface area (Å²) in [4.78, 5) is 11.4. The van der Waals surface area contributed by atoms with Crippen LogP contribution in [0.4, 0.5) is 4.39 Å². The van der Waals surface area contributed by atoms with Crippen molar-refractivity contribution in [1.29, 1.82) is 0 Å². The Morgan fingerprint density at radius 3 is 2.70 bits per heavy atom. The first-order chi connectivity index (χ1) is 11.1. The van der Waals surface area contributed by atoms with E-state index in [1.165, 1.54) is 6.07 Å². The van der Waals surface area contributed by atoms with Crippen molar-refractivity contribution in [2.24, 2.45) is 0 Å². The zero-order valence-corrected chi connectivity index (χ0v) is 12.6. The lowest BCUT2D eigenvalue weighted by Crippen LogP contribution is -2.07. The van der Waals surface area contributed by atoms with Crippen molar-refractivity contribution >= 4 is 16.9 Å². The Morgan fingerprint density at radius 1 is 1.22 bits per heavy atom. The van der Waals surface area contributed by atoms with Crippen molar-refractivity contribution in [3.05, 3.63) is 65.6 Å². The van der Waals surface area contributed by atoms with E-state index in [9.17, 15) is 14.3 Å². The third-order valence-electron chi connectivity index (χ3n) is 3.76. The van der Waals surface area contributed by atoms with Crippen molar-refractivity contribution < 1.29 is 19.0 Å². The molecule has 0 bridgehead atoms. The zero-order chi connectivity index (χ0) is 16.4. The summed E-state index contributed by atoms with van der Waals surface area (Å²) in [6, 6.07) is 13.3. The smallest absolute Gasteiger partial charge is 0.337 e. The number of nitrogens with zero attached hydrogens (tertiary/aromatic N) is 1. The summed E-state index contributed by atoms with van der Waals surface area (Å²) >= 11 is 0. The molecule has 0 spiro atoms. The van der Waals surface area contributed by atoms with Crippen LogP contribution in [-0.2, 0) is 13.2 Å². The van der Waals surface area contributed by atoms with Crippen LogP contribution in [-0.4, -0.2) is 15.6 Å². The molecule has 0 aliphatic heterocycles. The molecule has 4 nitrogen and oxygen atoms in total. The van der Waals surface area contributed by atoms with Gasteiger partial charge in [-0.1, -0.05) is 24.3 Å². The Hall–Kier alpha value is -2.82. The zero-order valence-electron chi connectivity index (χ0n) is 12.6. The second-order valence-corrected chi connectivity index (χ2v) is 5.15. The van der Waals surface area contributed by atoms with Gasteiger partial charge in [-0.25, -0.2) is 9.18 Å². The van der Waals surface area contributed by atoms with Gasteiger partial charge in [0.05, 0.1) is 16.8 Å². The van der Waals surface area contributed by atoms with Gasteiger partial charge >= 0.3 is 5.97 Å². The summed E-state index contributed by atoms with van der Waals surface area (Å²) in [7, 11) is 0. The highest BCUT2D eigenvalue weighted by molar-refractivity contribution is 6.02. The van der Waals surface area contributed by atoms with Gasteiger partial charge in [0.2, 0.25) is 0 Å². The van der Waals surface area contributed by atoms with Gasteiger partial charge in [0.25, 0.3) is 0 Å². The second kappa shape index (κ2) is 6.12. The molecule has 118 valence electrons. The molecule has 1 aromatic heterocycles. The van der Waals surface area contributed by atoms with Gasteiger partial charge in [0.1, 0.15) is 6.61 Å². The van der Waals surface area contributed by atoms with Gasteiger partial charge in [0.15, 0.2) is 11.6 Å². The first kappa shape index (κ1) is 15.1. The summed E-state index contributed by atoms with van der Waals surface area (Å²) in [6.45, 7) is 2.71. The van der Waals surface area contributed by atoms with Gasteiger partial charge in [-0.05, 0) is 31.2 Å². The lowest BCUT2D eigenvalue weighted by molar-refractivity contribution is 0.0698. The number of fused-ring (bicyclic) bond motifs is 1. The van der Waals surface area contributed by atoms with Crippen molar-refractivity contribution in [2.75, 3.05) is 0 Å². The van der Waals surface area contributed by atoms with Crippen molar-refractivity contribution in [3.63, 3.8) is 0 Å². The molecule has 0 radical (unpaired) electrons. The van der Waals surface area contributed by atoms with Gasteiger partial charge in [-0.15, -0.1) is 0 Å². The number of carboxylic acids is 1. The van der Waals surface area contributed by atoms with Crippen molar-refractivity contribution in [1.82, 2.24) is 4.57 Å². The summed E-state index contributed by atoms with van der Waals surface area (Å²) in [5.41, 5.74) is 1.72. The fourth-order valence-corrected chi connectivity index (χ4v) is 2.75. The predicted octanol–water partition coefficient (Wildman–Crippen LogP) is 4.08. The highest BCUT2D eigenvalue weighted by atomic mass is 19.1. The summed E-state index contributed by atoms with van der Waals surface area (Å²) in [5, 5.41) is 10.2.